The quantitative estimate of drug-likeness (QED) is 0.585. The lowest BCUT2D eigenvalue weighted by atomic mass is 10.3. The predicted octanol–water partition coefficient (Wildman–Crippen LogP) is 0.364. The molecular formula is C9H11N3. The minimum Gasteiger partial charge on any atom is -0.384 e. The van der Waals surface area contributed by atoms with E-state index in [0.717, 1.165) is 5.56 Å². The molecule has 0 spiro atoms. The van der Waals surface area contributed by atoms with Crippen molar-refractivity contribution in [1.82, 2.24) is 4.98 Å². The number of anilines is 1. The molecule has 0 aliphatic rings. The fraction of sp³-hybridized carbons (Fsp3) is 0.222. The maximum Gasteiger partial charge on any atom is 0.123 e. The zero-order valence-corrected chi connectivity index (χ0v) is 6.75. The molecule has 0 aromatic carbocycles. The predicted molar refractivity (Wildman–Crippen MR) is 49.2 cm³/mol. The number of nitrogens with zero attached hydrogens (tertiary/aromatic N) is 1. The number of hydrogen-bond donors (Lipinski definition) is 2. The van der Waals surface area contributed by atoms with Gasteiger partial charge in [-0.1, -0.05) is 11.8 Å². The second kappa shape index (κ2) is 4.37. The Morgan fingerprint density at radius 2 is 2.25 bits per heavy atom. The van der Waals surface area contributed by atoms with E-state index in [1.807, 2.05) is 6.07 Å². The average molecular weight is 161 g/mol. The molecule has 0 aliphatic heterocycles. The first kappa shape index (κ1) is 8.57. The van der Waals surface area contributed by atoms with Gasteiger partial charge in [0.15, 0.2) is 0 Å². The van der Waals surface area contributed by atoms with Crippen molar-refractivity contribution in [3.63, 3.8) is 0 Å². The van der Waals surface area contributed by atoms with Gasteiger partial charge in [0.2, 0.25) is 0 Å². The smallest absolute Gasteiger partial charge is 0.123 e. The molecule has 0 atom stereocenters. The van der Waals surface area contributed by atoms with Crippen LogP contribution in [0.3, 0.4) is 0 Å². The molecule has 1 heterocycles. The van der Waals surface area contributed by atoms with Crippen LogP contribution in [0.1, 0.15) is 12.0 Å². The van der Waals surface area contributed by atoms with Crippen molar-refractivity contribution >= 4 is 5.82 Å². The minimum absolute atomic E-state index is 0.513. The summed E-state index contributed by atoms with van der Waals surface area (Å²) in [5, 5.41) is 0. The summed E-state index contributed by atoms with van der Waals surface area (Å²) >= 11 is 0. The molecule has 0 aliphatic carbocycles. The third-order valence-corrected chi connectivity index (χ3v) is 1.29. The molecule has 0 saturated heterocycles. The summed E-state index contributed by atoms with van der Waals surface area (Å²) in [7, 11) is 0. The third kappa shape index (κ3) is 2.60. The maximum atomic E-state index is 5.40. The lowest BCUT2D eigenvalue weighted by molar-refractivity contribution is 1.03. The summed E-state index contributed by atoms with van der Waals surface area (Å²) in [6.07, 6.45) is 2.36. The first-order valence-electron chi connectivity index (χ1n) is 3.73. The molecule has 62 valence electrons. The van der Waals surface area contributed by atoms with Crippen LogP contribution in [0.15, 0.2) is 18.3 Å². The molecule has 4 N–H and O–H groups in total. The van der Waals surface area contributed by atoms with Crippen molar-refractivity contribution in [1.29, 1.82) is 0 Å². The molecule has 0 unspecified atom stereocenters. The van der Waals surface area contributed by atoms with Crippen molar-refractivity contribution in [3.05, 3.63) is 23.9 Å². The van der Waals surface area contributed by atoms with Gasteiger partial charge in [-0.25, -0.2) is 4.98 Å². The van der Waals surface area contributed by atoms with Crippen LogP contribution in [0.25, 0.3) is 0 Å². The van der Waals surface area contributed by atoms with Gasteiger partial charge in [0.05, 0.1) is 0 Å². The fourth-order valence-electron chi connectivity index (χ4n) is 0.716. The van der Waals surface area contributed by atoms with Gasteiger partial charge in [-0.3, -0.25) is 0 Å². The molecule has 0 saturated carbocycles. The van der Waals surface area contributed by atoms with Crippen LogP contribution in [0.2, 0.25) is 0 Å². The minimum atomic E-state index is 0.513. The van der Waals surface area contributed by atoms with Gasteiger partial charge in [0.25, 0.3) is 0 Å². The Kier molecular flexibility index (Phi) is 3.12. The van der Waals surface area contributed by atoms with Gasteiger partial charge in [-0.05, 0) is 12.1 Å². The summed E-state index contributed by atoms with van der Waals surface area (Å²) in [4.78, 5) is 3.90. The van der Waals surface area contributed by atoms with E-state index in [1.165, 1.54) is 0 Å². The largest absolute Gasteiger partial charge is 0.384 e. The van der Waals surface area contributed by atoms with E-state index in [9.17, 15) is 0 Å². The van der Waals surface area contributed by atoms with Crippen LogP contribution in [0.5, 0.6) is 0 Å². The Hall–Kier alpha value is -1.53. The second-order valence-corrected chi connectivity index (χ2v) is 2.31. The normalized spacial score (nSPS) is 8.75. The molecule has 3 nitrogen and oxygen atoms in total. The van der Waals surface area contributed by atoms with Gasteiger partial charge in [-0.15, -0.1) is 0 Å². The lowest BCUT2D eigenvalue weighted by Crippen LogP contribution is -1.95. The van der Waals surface area contributed by atoms with Gasteiger partial charge in [0, 0.05) is 24.7 Å². The highest BCUT2D eigenvalue weighted by atomic mass is 14.8. The van der Waals surface area contributed by atoms with Gasteiger partial charge in [-0.2, -0.15) is 0 Å². The van der Waals surface area contributed by atoms with Gasteiger partial charge >= 0.3 is 0 Å². The van der Waals surface area contributed by atoms with Crippen molar-refractivity contribution in [3.8, 4) is 11.8 Å². The number of nitrogens with two attached hydrogens (primary N) is 2. The number of hydrogen-bond acceptors (Lipinski definition) is 3. The molecule has 0 fully saturated rings. The van der Waals surface area contributed by atoms with E-state index in [0.29, 0.717) is 18.8 Å². The van der Waals surface area contributed by atoms with Crippen LogP contribution >= 0.6 is 0 Å². The lowest BCUT2D eigenvalue weighted by Gasteiger charge is -1.90. The molecule has 12 heavy (non-hydrogen) atoms. The van der Waals surface area contributed by atoms with E-state index >= 15 is 0 Å². The van der Waals surface area contributed by atoms with E-state index in [4.69, 9.17) is 11.5 Å². The summed E-state index contributed by atoms with van der Waals surface area (Å²) in [6, 6.07) is 3.57. The van der Waals surface area contributed by atoms with Crippen LogP contribution in [0.4, 0.5) is 5.82 Å². The fourth-order valence-corrected chi connectivity index (χ4v) is 0.716. The zero-order chi connectivity index (χ0) is 8.81. The Morgan fingerprint density at radius 3 is 2.83 bits per heavy atom. The van der Waals surface area contributed by atoms with Crippen LogP contribution in [-0.4, -0.2) is 11.5 Å². The SMILES string of the molecule is NCCC#Cc1ccc(N)nc1. The summed E-state index contributed by atoms with van der Waals surface area (Å²) < 4.78 is 0. The van der Waals surface area contributed by atoms with E-state index in [1.54, 1.807) is 12.3 Å². The Balaban J connectivity index is 2.66. The van der Waals surface area contributed by atoms with Gasteiger partial charge in [0.1, 0.15) is 5.82 Å². The zero-order valence-electron chi connectivity index (χ0n) is 6.75. The van der Waals surface area contributed by atoms with Crippen molar-refractivity contribution in [2.24, 2.45) is 5.73 Å². The molecule has 1 rings (SSSR count). The molecule has 0 radical (unpaired) electrons. The van der Waals surface area contributed by atoms with Gasteiger partial charge < -0.3 is 11.5 Å². The van der Waals surface area contributed by atoms with Crippen LogP contribution in [0, 0.1) is 11.8 Å². The topological polar surface area (TPSA) is 64.9 Å². The first-order valence-corrected chi connectivity index (χ1v) is 3.73. The Labute approximate surface area is 71.8 Å². The summed E-state index contributed by atoms with van der Waals surface area (Å²) in [5.74, 6) is 6.35. The number of nitrogen functional groups attached to an aromatic ring is 1. The second-order valence-electron chi connectivity index (χ2n) is 2.31. The molecular weight excluding hydrogens is 150 g/mol. The molecule has 3 heteroatoms. The van der Waals surface area contributed by atoms with E-state index in [-0.39, 0.29) is 0 Å². The summed E-state index contributed by atoms with van der Waals surface area (Å²) in [5.41, 5.74) is 11.6. The third-order valence-electron chi connectivity index (χ3n) is 1.29. The highest BCUT2D eigenvalue weighted by Crippen LogP contribution is 1.98. The number of pyridine rings is 1. The highest BCUT2D eigenvalue weighted by molar-refractivity contribution is 5.37. The van der Waals surface area contributed by atoms with Crippen molar-refractivity contribution in [2.75, 3.05) is 12.3 Å². The molecule has 0 bridgehead atoms. The van der Waals surface area contributed by atoms with Crippen molar-refractivity contribution in [2.45, 2.75) is 6.42 Å². The Morgan fingerprint density at radius 1 is 1.42 bits per heavy atom. The molecule has 1 aromatic rings. The van der Waals surface area contributed by atoms with E-state index in [2.05, 4.69) is 16.8 Å². The average Bonchev–Trinajstić information content (AvgIpc) is 2.09. The number of aromatic nitrogens is 1. The maximum absolute atomic E-state index is 5.40. The standard InChI is InChI=1S/C9H11N3/c10-6-2-1-3-8-4-5-9(11)12-7-8/h4-5,7H,2,6,10H2,(H2,11,12). The van der Waals surface area contributed by atoms with E-state index < -0.39 is 0 Å². The monoisotopic (exact) mass is 161 g/mol. The Bertz CT molecular complexity index is 292. The first-order chi connectivity index (χ1) is 5.83. The van der Waals surface area contributed by atoms with Crippen LogP contribution < -0.4 is 11.5 Å². The summed E-state index contributed by atoms with van der Waals surface area (Å²) in [6.45, 7) is 0.593. The molecule has 0 amide bonds. The van der Waals surface area contributed by atoms with Crippen molar-refractivity contribution < 1.29 is 0 Å². The number of rotatable bonds is 1. The highest BCUT2D eigenvalue weighted by Gasteiger charge is 1.86. The molecule has 1 aromatic heterocycles. The van der Waals surface area contributed by atoms with Crippen LogP contribution in [-0.2, 0) is 0 Å².